The highest BCUT2D eigenvalue weighted by molar-refractivity contribution is 6.31. The van der Waals surface area contributed by atoms with Crippen LogP contribution < -0.4 is 15.8 Å². The Bertz CT molecular complexity index is 685. The fourth-order valence-electron chi connectivity index (χ4n) is 2.92. The molecule has 0 spiro atoms. The molecule has 1 aliphatic rings. The molecule has 0 saturated carbocycles. The van der Waals surface area contributed by atoms with Gasteiger partial charge in [-0.1, -0.05) is 17.7 Å². The van der Waals surface area contributed by atoms with E-state index in [4.69, 9.17) is 22.1 Å². The molecule has 0 heterocycles. The highest BCUT2D eigenvalue weighted by Gasteiger charge is 2.23. The number of hydrogen-bond donors (Lipinski definition) is 2. The first-order valence-corrected chi connectivity index (χ1v) is 7.45. The maximum Gasteiger partial charge on any atom is 0.143 e. The zero-order chi connectivity index (χ0) is 15.0. The molecule has 0 fully saturated rings. The predicted octanol–water partition coefficient (Wildman–Crippen LogP) is 4.34. The lowest BCUT2D eigenvalue weighted by Gasteiger charge is -2.19. The molecule has 0 amide bonds. The number of nitrogen functional groups attached to an aromatic ring is 1. The molecule has 21 heavy (non-hydrogen) atoms. The number of aryl methyl sites for hydroxylation is 2. The Morgan fingerprint density at radius 1 is 1.29 bits per heavy atom. The lowest BCUT2D eigenvalue weighted by Crippen LogP contribution is -2.08. The molecule has 110 valence electrons. The summed E-state index contributed by atoms with van der Waals surface area (Å²) in [6.45, 7) is 2.00. The normalized spacial score (nSPS) is 16.6. The minimum Gasteiger partial charge on any atom is -0.495 e. The summed E-state index contributed by atoms with van der Waals surface area (Å²) in [7, 11) is 1.66. The number of fused-ring (bicyclic) bond motifs is 1. The van der Waals surface area contributed by atoms with Gasteiger partial charge in [-0.2, -0.15) is 0 Å². The number of hydrogen-bond acceptors (Lipinski definition) is 3. The second-order valence-corrected chi connectivity index (χ2v) is 5.90. The second-order valence-electron chi connectivity index (χ2n) is 5.50. The van der Waals surface area contributed by atoms with Crippen LogP contribution in [0.4, 0.5) is 11.4 Å². The van der Waals surface area contributed by atoms with E-state index in [0.717, 1.165) is 40.6 Å². The van der Waals surface area contributed by atoms with Crippen LogP contribution in [0.2, 0.25) is 5.02 Å². The number of benzene rings is 2. The van der Waals surface area contributed by atoms with E-state index in [9.17, 15) is 0 Å². The molecule has 2 aromatic carbocycles. The third-order valence-corrected chi connectivity index (χ3v) is 4.46. The van der Waals surface area contributed by atoms with Crippen LogP contribution in [0.25, 0.3) is 0 Å². The molecular weight excluding hydrogens is 284 g/mol. The van der Waals surface area contributed by atoms with Gasteiger partial charge >= 0.3 is 0 Å². The molecule has 1 atom stereocenters. The van der Waals surface area contributed by atoms with E-state index < -0.39 is 0 Å². The Morgan fingerprint density at radius 2 is 2.10 bits per heavy atom. The molecule has 0 saturated heterocycles. The number of ether oxygens (including phenoxy) is 1. The van der Waals surface area contributed by atoms with Gasteiger partial charge in [0.1, 0.15) is 5.75 Å². The minimum atomic E-state index is 0.287. The molecule has 3 nitrogen and oxygen atoms in total. The highest BCUT2D eigenvalue weighted by atomic mass is 35.5. The summed E-state index contributed by atoms with van der Waals surface area (Å²) in [6.07, 6.45) is 2.11. The number of methoxy groups -OCH3 is 1. The van der Waals surface area contributed by atoms with Gasteiger partial charge in [0.05, 0.1) is 18.8 Å². The molecule has 0 radical (unpaired) electrons. The molecular formula is C17H19ClN2O. The van der Waals surface area contributed by atoms with Crippen molar-refractivity contribution in [1.82, 2.24) is 0 Å². The van der Waals surface area contributed by atoms with Crippen LogP contribution in [-0.4, -0.2) is 7.11 Å². The lowest BCUT2D eigenvalue weighted by molar-refractivity contribution is 0.416. The molecule has 0 aromatic heterocycles. The van der Waals surface area contributed by atoms with Crippen molar-refractivity contribution in [1.29, 1.82) is 0 Å². The van der Waals surface area contributed by atoms with Crippen molar-refractivity contribution in [2.75, 3.05) is 18.2 Å². The van der Waals surface area contributed by atoms with Crippen molar-refractivity contribution >= 4 is 23.0 Å². The van der Waals surface area contributed by atoms with Gasteiger partial charge in [0.2, 0.25) is 0 Å². The molecule has 3 rings (SSSR count). The fourth-order valence-corrected chi connectivity index (χ4v) is 3.07. The number of halogens is 1. The SMILES string of the molecule is COc1cc(Cl)c(C)cc1NC1CCc2cc(N)ccc21. The first-order valence-electron chi connectivity index (χ1n) is 7.07. The van der Waals surface area contributed by atoms with E-state index in [1.165, 1.54) is 11.1 Å². The van der Waals surface area contributed by atoms with E-state index in [0.29, 0.717) is 0 Å². The van der Waals surface area contributed by atoms with Crippen LogP contribution in [-0.2, 0) is 6.42 Å². The Hall–Kier alpha value is -1.87. The summed E-state index contributed by atoms with van der Waals surface area (Å²) in [5, 5.41) is 4.30. The molecule has 2 aromatic rings. The Morgan fingerprint density at radius 3 is 2.86 bits per heavy atom. The largest absolute Gasteiger partial charge is 0.495 e. The van der Waals surface area contributed by atoms with Crippen molar-refractivity contribution in [3.05, 3.63) is 52.0 Å². The van der Waals surface area contributed by atoms with E-state index in [2.05, 4.69) is 17.4 Å². The standard InChI is InChI=1S/C17H19ClN2O/c1-10-7-16(17(21-2)9-14(10)18)20-15-6-3-11-8-12(19)4-5-13(11)15/h4-5,7-9,15,20H,3,6,19H2,1-2H3. The minimum absolute atomic E-state index is 0.287. The van der Waals surface area contributed by atoms with Gasteiger partial charge in [-0.3, -0.25) is 0 Å². The first-order chi connectivity index (χ1) is 10.1. The smallest absolute Gasteiger partial charge is 0.143 e. The van der Waals surface area contributed by atoms with Crippen molar-refractivity contribution in [3.8, 4) is 5.75 Å². The summed E-state index contributed by atoms with van der Waals surface area (Å²) < 4.78 is 5.43. The number of anilines is 2. The second kappa shape index (κ2) is 5.49. The third-order valence-electron chi connectivity index (χ3n) is 4.06. The van der Waals surface area contributed by atoms with Gasteiger partial charge in [-0.05, 0) is 54.7 Å². The molecule has 1 unspecified atom stereocenters. The van der Waals surface area contributed by atoms with Crippen LogP contribution >= 0.6 is 11.6 Å². The van der Waals surface area contributed by atoms with Gasteiger partial charge in [-0.25, -0.2) is 0 Å². The highest BCUT2D eigenvalue weighted by Crippen LogP contribution is 2.38. The summed E-state index contributed by atoms with van der Waals surface area (Å²) in [5.41, 5.74) is 11.4. The van der Waals surface area contributed by atoms with Crippen LogP contribution in [0.5, 0.6) is 5.75 Å². The molecule has 0 aliphatic heterocycles. The average Bonchev–Trinajstić information content (AvgIpc) is 2.84. The lowest BCUT2D eigenvalue weighted by atomic mass is 10.1. The van der Waals surface area contributed by atoms with Gasteiger partial charge in [-0.15, -0.1) is 0 Å². The molecule has 1 aliphatic carbocycles. The average molecular weight is 303 g/mol. The zero-order valence-electron chi connectivity index (χ0n) is 12.2. The first kappa shape index (κ1) is 14.1. The monoisotopic (exact) mass is 302 g/mol. The maximum absolute atomic E-state index is 6.16. The number of rotatable bonds is 3. The van der Waals surface area contributed by atoms with E-state index in [1.807, 2.05) is 25.1 Å². The van der Waals surface area contributed by atoms with Crippen molar-refractivity contribution in [2.45, 2.75) is 25.8 Å². The molecule has 0 bridgehead atoms. The topological polar surface area (TPSA) is 47.3 Å². The molecule has 4 heteroatoms. The summed E-state index contributed by atoms with van der Waals surface area (Å²) in [5.74, 6) is 0.773. The Labute approximate surface area is 130 Å². The number of nitrogens with one attached hydrogen (secondary N) is 1. The van der Waals surface area contributed by atoms with Crippen molar-refractivity contribution in [3.63, 3.8) is 0 Å². The zero-order valence-corrected chi connectivity index (χ0v) is 13.0. The third kappa shape index (κ3) is 2.66. The van der Waals surface area contributed by atoms with E-state index in [-0.39, 0.29) is 6.04 Å². The van der Waals surface area contributed by atoms with Crippen molar-refractivity contribution < 1.29 is 4.74 Å². The van der Waals surface area contributed by atoms with Gasteiger partial charge < -0.3 is 15.8 Å². The Kier molecular flexibility index (Phi) is 3.68. The molecule has 3 N–H and O–H groups in total. The van der Waals surface area contributed by atoms with Crippen LogP contribution in [0.1, 0.15) is 29.2 Å². The van der Waals surface area contributed by atoms with Crippen LogP contribution in [0, 0.1) is 6.92 Å². The van der Waals surface area contributed by atoms with E-state index >= 15 is 0 Å². The fraction of sp³-hybridized carbons (Fsp3) is 0.294. The Balaban J connectivity index is 1.91. The van der Waals surface area contributed by atoms with E-state index in [1.54, 1.807) is 7.11 Å². The number of nitrogens with two attached hydrogens (primary N) is 1. The summed E-state index contributed by atoms with van der Waals surface area (Å²) in [6, 6.07) is 10.3. The van der Waals surface area contributed by atoms with Gasteiger partial charge in [0.15, 0.2) is 0 Å². The van der Waals surface area contributed by atoms with Gasteiger partial charge in [0.25, 0.3) is 0 Å². The van der Waals surface area contributed by atoms with Crippen molar-refractivity contribution in [2.24, 2.45) is 0 Å². The predicted molar refractivity (Wildman–Crippen MR) is 88.3 cm³/mol. The maximum atomic E-state index is 6.16. The van der Waals surface area contributed by atoms with Crippen LogP contribution in [0.15, 0.2) is 30.3 Å². The van der Waals surface area contributed by atoms with Crippen LogP contribution in [0.3, 0.4) is 0 Å². The summed E-state index contributed by atoms with van der Waals surface area (Å²) in [4.78, 5) is 0. The van der Waals surface area contributed by atoms with Gasteiger partial charge in [0, 0.05) is 16.8 Å². The quantitative estimate of drug-likeness (QED) is 0.829. The summed E-state index contributed by atoms with van der Waals surface area (Å²) >= 11 is 6.16.